The van der Waals surface area contributed by atoms with Crippen LogP contribution in [0.15, 0.2) is 0 Å². The molecule has 1 aliphatic heterocycles. The highest BCUT2D eigenvalue weighted by Gasteiger charge is 2.55. The molecule has 2 atom stereocenters. The topological polar surface area (TPSA) is 61.8 Å². The average molecular weight is 272 g/mol. The molecule has 1 rings (SSSR count). The van der Waals surface area contributed by atoms with Crippen LogP contribution >= 0.6 is 0 Å². The number of ether oxygens (including phenoxy) is 3. The number of carbonyl (C=O) groups is 2. The van der Waals surface area contributed by atoms with E-state index in [0.717, 1.165) is 0 Å². The Morgan fingerprint density at radius 1 is 1.16 bits per heavy atom. The van der Waals surface area contributed by atoms with Crippen molar-refractivity contribution in [1.82, 2.24) is 0 Å². The summed E-state index contributed by atoms with van der Waals surface area (Å²) in [5, 5.41) is 0. The second-order valence-electron chi connectivity index (χ2n) is 5.60. The number of hydrogen-bond acceptors (Lipinski definition) is 5. The molecule has 1 heterocycles. The van der Waals surface area contributed by atoms with Crippen LogP contribution in [0.2, 0.25) is 0 Å². The normalized spacial score (nSPS) is 29.0. The van der Waals surface area contributed by atoms with Gasteiger partial charge in [-0.25, -0.2) is 4.79 Å². The van der Waals surface area contributed by atoms with Crippen molar-refractivity contribution >= 4 is 11.9 Å². The lowest BCUT2D eigenvalue weighted by atomic mass is 9.83. The highest BCUT2D eigenvalue weighted by molar-refractivity contribution is 5.81. The van der Waals surface area contributed by atoms with Crippen LogP contribution in [0.4, 0.5) is 0 Å². The van der Waals surface area contributed by atoms with Crippen molar-refractivity contribution < 1.29 is 23.8 Å². The minimum Gasteiger partial charge on any atom is -0.466 e. The molecule has 0 spiro atoms. The number of rotatable bonds is 5. The van der Waals surface area contributed by atoms with E-state index in [0.29, 0.717) is 19.6 Å². The Morgan fingerprint density at radius 2 is 1.74 bits per heavy atom. The maximum Gasteiger partial charge on any atom is 0.338 e. The van der Waals surface area contributed by atoms with Gasteiger partial charge in [0.2, 0.25) is 0 Å². The van der Waals surface area contributed by atoms with Gasteiger partial charge in [0.15, 0.2) is 5.60 Å². The molecule has 1 saturated heterocycles. The fourth-order valence-corrected chi connectivity index (χ4v) is 2.66. The Bertz CT molecular complexity index is 350. The molecule has 0 radical (unpaired) electrons. The highest BCUT2D eigenvalue weighted by Crippen LogP contribution is 2.44. The van der Waals surface area contributed by atoms with Crippen LogP contribution in [-0.4, -0.2) is 36.4 Å². The first kappa shape index (κ1) is 16.0. The summed E-state index contributed by atoms with van der Waals surface area (Å²) in [7, 11) is 0. The third kappa shape index (κ3) is 3.69. The predicted octanol–water partition coefficient (Wildman–Crippen LogP) is 2.08. The summed E-state index contributed by atoms with van der Waals surface area (Å²) in [6.45, 7) is 9.67. The van der Waals surface area contributed by atoms with E-state index in [1.54, 1.807) is 20.8 Å². The van der Waals surface area contributed by atoms with E-state index in [-0.39, 0.29) is 18.3 Å². The molecule has 1 fully saturated rings. The van der Waals surface area contributed by atoms with Crippen LogP contribution in [-0.2, 0) is 23.8 Å². The molecule has 0 saturated carbocycles. The molecule has 0 aromatic rings. The summed E-state index contributed by atoms with van der Waals surface area (Å²) in [6.07, 6.45) is 0.799. The van der Waals surface area contributed by atoms with Crippen molar-refractivity contribution in [2.45, 2.75) is 58.7 Å². The quantitative estimate of drug-likeness (QED) is 0.717. The lowest BCUT2D eigenvalue weighted by molar-refractivity contribution is -0.178. The lowest BCUT2D eigenvalue weighted by Crippen LogP contribution is -2.44. The van der Waals surface area contributed by atoms with Crippen LogP contribution in [0.5, 0.6) is 0 Å². The van der Waals surface area contributed by atoms with Crippen LogP contribution in [0.1, 0.15) is 47.5 Å². The zero-order chi connectivity index (χ0) is 14.7. The lowest BCUT2D eigenvalue weighted by Gasteiger charge is -2.28. The number of carbonyl (C=O) groups excluding carboxylic acids is 2. The average Bonchev–Trinajstić information content (AvgIpc) is 2.50. The number of esters is 2. The molecular formula is C14H24O5. The van der Waals surface area contributed by atoms with Gasteiger partial charge in [-0.3, -0.25) is 4.79 Å². The molecule has 0 aliphatic carbocycles. The molecule has 19 heavy (non-hydrogen) atoms. The maximum absolute atomic E-state index is 12.1. The van der Waals surface area contributed by atoms with Crippen molar-refractivity contribution in [3.05, 3.63) is 0 Å². The fourth-order valence-electron chi connectivity index (χ4n) is 2.66. The van der Waals surface area contributed by atoms with Gasteiger partial charge in [0.05, 0.1) is 25.2 Å². The Morgan fingerprint density at radius 3 is 2.26 bits per heavy atom. The van der Waals surface area contributed by atoms with Gasteiger partial charge in [-0.2, -0.15) is 0 Å². The Balaban J connectivity index is 2.86. The van der Waals surface area contributed by atoms with Crippen LogP contribution < -0.4 is 0 Å². The highest BCUT2D eigenvalue weighted by atomic mass is 16.6. The minimum atomic E-state index is -1.08. The SMILES string of the molecule is CCOC(=O)C[C@@H]1CC(C)(C)O[C@]1(C)C(=O)OCC. The van der Waals surface area contributed by atoms with Gasteiger partial charge in [-0.15, -0.1) is 0 Å². The van der Waals surface area contributed by atoms with E-state index in [1.165, 1.54) is 0 Å². The van der Waals surface area contributed by atoms with Gasteiger partial charge < -0.3 is 14.2 Å². The summed E-state index contributed by atoms with van der Waals surface area (Å²) in [4.78, 5) is 23.8. The minimum absolute atomic E-state index is 0.173. The van der Waals surface area contributed by atoms with Crippen LogP contribution in [0.3, 0.4) is 0 Å². The zero-order valence-corrected chi connectivity index (χ0v) is 12.4. The molecule has 110 valence electrons. The van der Waals surface area contributed by atoms with E-state index in [9.17, 15) is 9.59 Å². The van der Waals surface area contributed by atoms with Gasteiger partial charge in [-0.05, 0) is 41.0 Å². The van der Waals surface area contributed by atoms with Gasteiger partial charge in [0.25, 0.3) is 0 Å². The second kappa shape index (κ2) is 5.90. The molecule has 0 aromatic carbocycles. The zero-order valence-electron chi connectivity index (χ0n) is 12.4. The number of hydrogen-bond donors (Lipinski definition) is 0. The summed E-state index contributed by atoms with van der Waals surface area (Å²) < 4.78 is 15.9. The first-order valence-electron chi connectivity index (χ1n) is 6.78. The second-order valence-corrected chi connectivity index (χ2v) is 5.60. The van der Waals surface area contributed by atoms with Crippen molar-refractivity contribution in [2.24, 2.45) is 5.92 Å². The standard InChI is InChI=1S/C14H24O5/c1-6-17-11(15)8-10-9-13(3,4)19-14(10,5)12(16)18-7-2/h10H,6-9H2,1-5H3/t10-,14+/m1/s1. The van der Waals surface area contributed by atoms with Gasteiger partial charge >= 0.3 is 11.9 Å². The molecule has 0 N–H and O–H groups in total. The van der Waals surface area contributed by atoms with E-state index < -0.39 is 17.2 Å². The Labute approximate surface area is 114 Å². The van der Waals surface area contributed by atoms with E-state index >= 15 is 0 Å². The van der Waals surface area contributed by atoms with E-state index in [4.69, 9.17) is 14.2 Å². The fraction of sp³-hybridized carbons (Fsp3) is 0.857. The van der Waals surface area contributed by atoms with Crippen molar-refractivity contribution in [2.75, 3.05) is 13.2 Å². The van der Waals surface area contributed by atoms with Crippen molar-refractivity contribution in [1.29, 1.82) is 0 Å². The Kier molecular flexibility index (Phi) is 4.96. The molecule has 0 aromatic heterocycles. The predicted molar refractivity (Wildman–Crippen MR) is 69.6 cm³/mol. The van der Waals surface area contributed by atoms with Crippen molar-refractivity contribution in [3.63, 3.8) is 0 Å². The summed E-state index contributed by atoms with van der Waals surface area (Å²) in [5.74, 6) is -0.931. The largest absolute Gasteiger partial charge is 0.466 e. The molecule has 0 bridgehead atoms. The smallest absolute Gasteiger partial charge is 0.338 e. The molecule has 0 amide bonds. The maximum atomic E-state index is 12.1. The third-order valence-electron chi connectivity index (χ3n) is 3.40. The van der Waals surface area contributed by atoms with Gasteiger partial charge in [0, 0.05) is 5.92 Å². The summed E-state index contributed by atoms with van der Waals surface area (Å²) in [6, 6.07) is 0. The first-order valence-corrected chi connectivity index (χ1v) is 6.78. The Hall–Kier alpha value is -1.10. The summed E-state index contributed by atoms with van der Waals surface area (Å²) >= 11 is 0. The van der Waals surface area contributed by atoms with Crippen LogP contribution in [0, 0.1) is 5.92 Å². The van der Waals surface area contributed by atoms with Crippen LogP contribution in [0.25, 0.3) is 0 Å². The van der Waals surface area contributed by atoms with Crippen molar-refractivity contribution in [3.8, 4) is 0 Å². The van der Waals surface area contributed by atoms with Gasteiger partial charge in [0.1, 0.15) is 0 Å². The van der Waals surface area contributed by atoms with E-state index in [2.05, 4.69) is 0 Å². The molecule has 5 heteroatoms. The molecular weight excluding hydrogens is 248 g/mol. The van der Waals surface area contributed by atoms with Gasteiger partial charge in [-0.1, -0.05) is 0 Å². The third-order valence-corrected chi connectivity index (χ3v) is 3.40. The summed E-state index contributed by atoms with van der Waals surface area (Å²) in [5.41, 5.74) is -1.52. The molecule has 5 nitrogen and oxygen atoms in total. The molecule has 0 unspecified atom stereocenters. The first-order chi connectivity index (χ1) is 8.75. The van der Waals surface area contributed by atoms with E-state index in [1.807, 2.05) is 13.8 Å². The molecule has 1 aliphatic rings. The monoisotopic (exact) mass is 272 g/mol.